The number of ether oxygens (including phenoxy) is 2. The third-order valence-corrected chi connectivity index (χ3v) is 18.9. The van der Waals surface area contributed by atoms with E-state index in [1.807, 2.05) is 5.32 Å². The number of primary amides is 1. The smallest absolute Gasteiger partial charge is 0.328 e. The summed E-state index contributed by atoms with van der Waals surface area (Å²) in [6, 6.07) is -15.5. The van der Waals surface area contributed by atoms with Gasteiger partial charge in [0.05, 0.1) is 62.7 Å². The molecular formula is C67H109N19O28S. The van der Waals surface area contributed by atoms with Gasteiger partial charge in [-0.05, 0) is 90.5 Å². The van der Waals surface area contributed by atoms with Crippen LogP contribution in [0, 0.1) is 5.92 Å². The summed E-state index contributed by atoms with van der Waals surface area (Å²) in [7, 11) is 0. The first-order valence-corrected chi connectivity index (χ1v) is 37.9. The van der Waals surface area contributed by atoms with E-state index in [9.17, 15) is 127 Å². The maximum atomic E-state index is 14.4. The van der Waals surface area contributed by atoms with Gasteiger partial charge in [-0.1, -0.05) is 20.3 Å². The standard InChI is InChI=1S/C67H109N19O28S/c1-5-31(2)52(84-45(90)23-70)65(110)77-32(3)57(102)72-24-48(93)80-41(21-34-29-115-30-76-34)63(108)82-37(12-11-35(22-69)113-67-56(101)55(100)54(99)43(28-87)114-67)59(104)74-26-46(91)78-39(14-17-50(95)96)61(106)81-38(13-16-44(71)89)60(105)75-27-49(94)86-20-8-10-42(86)64(109)83-36(9-6-7-19-68)58(103)73-25-47(92)79-40(15-18-51(97)98)62(107)85-53(33(4)88)66(111)112/h29-33,35-43,52-56,67,87-88,99-101H,5-28,68-70H2,1-4H3,(H2,71,89)(H,72,102)(H,73,103)(H,74,104)(H,75,105)(H,77,110)(H,78,91)(H,79,92)(H,80,93)(H,81,106)(H,82,108)(H,83,109)(H,84,90)(H,85,107)(H,95,96)(H,97,98)(H,111,112)/t31-,32-,33+,35+,36-,37-,38-,39-,40-,41-,42-,43+,52-,53-,54-,55-,56+,67+/m0/s1. The van der Waals surface area contributed by atoms with Crippen molar-refractivity contribution in [2.75, 3.05) is 59.0 Å². The van der Waals surface area contributed by atoms with Gasteiger partial charge in [0.25, 0.3) is 0 Å². The van der Waals surface area contributed by atoms with Crippen molar-refractivity contribution in [1.29, 1.82) is 0 Å². The number of nitrogens with two attached hydrogens (primary N) is 4. The highest BCUT2D eigenvalue weighted by atomic mass is 32.1. The molecule has 3 heterocycles. The molecule has 646 valence electrons. The van der Waals surface area contributed by atoms with Crippen molar-refractivity contribution in [3.05, 3.63) is 16.6 Å². The Balaban J connectivity index is 1.84. The quantitative estimate of drug-likeness (QED) is 0.0269. The van der Waals surface area contributed by atoms with Gasteiger partial charge < -0.3 is 147 Å². The van der Waals surface area contributed by atoms with Crippen LogP contribution in [0.2, 0.25) is 0 Å². The number of carbonyl (C=O) groups excluding carboxylic acids is 15. The van der Waals surface area contributed by atoms with E-state index in [4.69, 9.17) is 32.4 Å². The second kappa shape index (κ2) is 50.8. The zero-order chi connectivity index (χ0) is 86.3. The molecule has 2 aliphatic rings. The Labute approximate surface area is 662 Å². The molecule has 2 fully saturated rings. The fourth-order valence-electron chi connectivity index (χ4n) is 11.5. The van der Waals surface area contributed by atoms with Gasteiger partial charge in [-0.15, -0.1) is 11.3 Å². The van der Waals surface area contributed by atoms with E-state index >= 15 is 0 Å². The van der Waals surface area contributed by atoms with Crippen molar-refractivity contribution < 1.29 is 137 Å². The van der Waals surface area contributed by atoms with Crippen molar-refractivity contribution >= 4 is 118 Å². The Morgan fingerprint density at radius 3 is 1.58 bits per heavy atom. The Morgan fingerprint density at radius 2 is 1.09 bits per heavy atom. The molecule has 48 heteroatoms. The summed E-state index contributed by atoms with van der Waals surface area (Å²) in [5, 5.41) is 111. The van der Waals surface area contributed by atoms with E-state index in [1.54, 1.807) is 13.8 Å². The number of nitrogens with zero attached hydrogens (tertiary/aromatic N) is 2. The first-order valence-electron chi connectivity index (χ1n) is 37.0. The summed E-state index contributed by atoms with van der Waals surface area (Å²) < 4.78 is 11.3. The zero-order valence-corrected chi connectivity index (χ0v) is 64.7. The molecule has 0 saturated carbocycles. The summed E-state index contributed by atoms with van der Waals surface area (Å²) in [4.78, 5) is 242. The number of thiazole rings is 1. The van der Waals surface area contributed by atoms with Crippen LogP contribution in [0.15, 0.2) is 10.9 Å². The predicted octanol–water partition coefficient (Wildman–Crippen LogP) is -12.0. The number of aromatic nitrogens is 1. The summed E-state index contributed by atoms with van der Waals surface area (Å²) in [6.45, 7) is 0.655. The maximum absolute atomic E-state index is 14.4. The van der Waals surface area contributed by atoms with Gasteiger partial charge in [0.15, 0.2) is 12.3 Å². The predicted molar refractivity (Wildman–Crippen MR) is 395 cm³/mol. The second-order valence-corrected chi connectivity index (χ2v) is 27.9. The number of rotatable bonds is 53. The average molecular weight is 1660 g/mol. The van der Waals surface area contributed by atoms with Crippen LogP contribution in [-0.4, -0.2) is 320 Å². The molecule has 3 rings (SSSR count). The maximum Gasteiger partial charge on any atom is 0.328 e. The highest BCUT2D eigenvalue weighted by Gasteiger charge is 2.46. The number of amides is 15. The van der Waals surface area contributed by atoms with Crippen molar-refractivity contribution in [1.82, 2.24) is 79.0 Å². The van der Waals surface area contributed by atoms with Crippen LogP contribution in [0.5, 0.6) is 0 Å². The van der Waals surface area contributed by atoms with E-state index in [2.05, 4.69) is 68.8 Å². The molecule has 115 heavy (non-hydrogen) atoms. The Hall–Kier alpha value is -10.3. The summed E-state index contributed by atoms with van der Waals surface area (Å²) >= 11 is 1.11. The van der Waals surface area contributed by atoms with E-state index in [0.29, 0.717) is 12.8 Å². The number of likely N-dealkylation sites (tertiary alicyclic amines) is 1. The van der Waals surface area contributed by atoms with Gasteiger partial charge in [0, 0.05) is 44.2 Å². The minimum atomic E-state index is -1.92. The number of nitrogens with one attached hydrogen (secondary N) is 13. The van der Waals surface area contributed by atoms with Crippen LogP contribution in [0.3, 0.4) is 0 Å². The minimum Gasteiger partial charge on any atom is -0.481 e. The number of carboxylic acid groups (broad SMARTS) is 3. The first-order chi connectivity index (χ1) is 54.3. The largest absolute Gasteiger partial charge is 0.481 e. The Morgan fingerprint density at radius 1 is 0.574 bits per heavy atom. The lowest BCUT2D eigenvalue weighted by molar-refractivity contribution is -0.310. The first kappa shape index (κ1) is 98.9. The number of aliphatic carboxylic acids is 3. The van der Waals surface area contributed by atoms with Crippen molar-refractivity contribution in [2.45, 2.75) is 227 Å². The fourth-order valence-corrected chi connectivity index (χ4v) is 12.1. The van der Waals surface area contributed by atoms with E-state index < -0.39 is 307 Å². The van der Waals surface area contributed by atoms with Gasteiger partial charge in [0.1, 0.15) is 78.8 Å². The number of aliphatic hydroxyl groups excluding tert-OH is 5. The van der Waals surface area contributed by atoms with Gasteiger partial charge >= 0.3 is 17.9 Å². The average Bonchev–Trinajstić information content (AvgIpc) is 1.36. The lowest BCUT2D eigenvalue weighted by atomic mass is 9.98. The lowest BCUT2D eigenvalue weighted by Crippen LogP contribution is -2.60. The van der Waals surface area contributed by atoms with Crippen LogP contribution in [0.4, 0.5) is 0 Å². The molecule has 47 nitrogen and oxygen atoms in total. The third kappa shape index (κ3) is 34.7. The molecule has 0 bridgehead atoms. The highest BCUT2D eigenvalue weighted by molar-refractivity contribution is 7.07. The monoisotopic (exact) mass is 1660 g/mol. The van der Waals surface area contributed by atoms with Crippen LogP contribution in [0.25, 0.3) is 0 Å². The molecule has 15 amide bonds. The van der Waals surface area contributed by atoms with Crippen molar-refractivity contribution in [2.24, 2.45) is 28.9 Å². The topological polar surface area (TPSA) is 764 Å². The molecule has 0 aromatic carbocycles. The molecule has 29 N–H and O–H groups in total. The van der Waals surface area contributed by atoms with Gasteiger partial charge in [-0.2, -0.15) is 0 Å². The summed E-state index contributed by atoms with van der Waals surface area (Å²) in [5.41, 5.74) is 24.1. The number of hydrogen-bond donors (Lipinski definition) is 25. The molecule has 1 aromatic rings. The molecule has 18 atom stereocenters. The number of carbonyl (C=O) groups is 18. The summed E-state index contributed by atoms with van der Waals surface area (Å²) in [6.07, 6.45) is -15.4. The van der Waals surface area contributed by atoms with Gasteiger partial charge in [-0.3, -0.25) is 81.5 Å². The van der Waals surface area contributed by atoms with E-state index in [0.717, 1.165) is 23.2 Å². The van der Waals surface area contributed by atoms with E-state index in [1.165, 1.54) is 17.8 Å². The number of aliphatic hydroxyl groups is 5. The normalized spacial score (nSPS) is 19.6. The molecule has 2 saturated heterocycles. The number of unbranched alkanes of at least 4 members (excludes halogenated alkanes) is 1. The molecule has 0 radical (unpaired) electrons. The molecule has 2 aliphatic heterocycles. The molecule has 0 aliphatic carbocycles. The number of hydrogen-bond acceptors (Lipinski definition) is 30. The van der Waals surface area contributed by atoms with Crippen LogP contribution >= 0.6 is 11.3 Å². The van der Waals surface area contributed by atoms with Crippen LogP contribution in [0.1, 0.15) is 123 Å². The SMILES string of the molecule is CC[C@H](C)[C@H](NC(=O)CN)C(=O)N[C@@H](C)C(=O)NCC(=O)N[C@@H](Cc1cscn1)C(=O)N[C@@H](CC[C@H](CN)O[C@@H]1O[C@H](CO)[C@H](O)[C@H](O)[C@H]1O)C(=O)NCC(=O)N[C@@H](CCC(=O)O)C(=O)N[C@@H](CCC(N)=O)C(=O)NCC(=O)N1CCC[C@H]1C(=O)N[C@@H](CCCCN)C(=O)NCC(=O)N[C@@H](CCC(=O)O)C(=O)N[C@H](C(=O)O)[C@@H](C)O. The fraction of sp³-hybridized carbons (Fsp3) is 0.687. The van der Waals surface area contributed by atoms with E-state index in [-0.39, 0.29) is 57.3 Å². The molecule has 0 unspecified atom stereocenters. The second-order valence-electron chi connectivity index (χ2n) is 27.2. The highest BCUT2D eigenvalue weighted by Crippen LogP contribution is 2.25. The van der Waals surface area contributed by atoms with Gasteiger partial charge in [-0.25, -0.2) is 9.78 Å². The van der Waals surface area contributed by atoms with Crippen molar-refractivity contribution in [3.63, 3.8) is 0 Å². The number of carboxylic acids is 3. The van der Waals surface area contributed by atoms with Gasteiger partial charge in [0.2, 0.25) is 88.6 Å². The zero-order valence-electron chi connectivity index (χ0n) is 63.9. The summed E-state index contributed by atoms with van der Waals surface area (Å²) in [5.74, 6) is -19.9. The van der Waals surface area contributed by atoms with Crippen LogP contribution in [-0.2, 0) is 102 Å². The lowest BCUT2D eigenvalue weighted by Gasteiger charge is -2.40. The molecule has 0 spiro atoms. The molecular weight excluding hydrogens is 1550 g/mol. The third-order valence-electron chi connectivity index (χ3n) is 18.2. The minimum absolute atomic E-state index is 0.0290. The Kier molecular flexibility index (Phi) is 43.7. The molecule has 1 aromatic heterocycles. The van der Waals surface area contributed by atoms with Crippen molar-refractivity contribution in [3.8, 4) is 0 Å². The van der Waals surface area contributed by atoms with Crippen LogP contribution < -0.4 is 92.1 Å². The Bertz CT molecular complexity index is 3490.